The summed E-state index contributed by atoms with van der Waals surface area (Å²) >= 11 is 0. The molecule has 2 aliphatic rings. The number of carbonyl (C=O) groups excluding carboxylic acids is 2. The maximum atomic E-state index is 13.5. The van der Waals surface area contributed by atoms with Gasteiger partial charge in [0.2, 0.25) is 51.5 Å². The third-order valence-electron chi connectivity index (χ3n) is 11.8. The van der Waals surface area contributed by atoms with Gasteiger partial charge in [-0.1, -0.05) is 27.4 Å². The van der Waals surface area contributed by atoms with Crippen LogP contribution in [0.3, 0.4) is 0 Å². The van der Waals surface area contributed by atoms with E-state index in [1.807, 2.05) is 0 Å². The van der Waals surface area contributed by atoms with Crippen LogP contribution in [0.1, 0.15) is 71.4 Å². The fourth-order valence-electron chi connectivity index (χ4n) is 8.29. The summed E-state index contributed by atoms with van der Waals surface area (Å²) in [6.07, 6.45) is 4.47. The minimum atomic E-state index is -3.86. The van der Waals surface area contributed by atoms with Gasteiger partial charge in [0.1, 0.15) is 29.0 Å². The molecule has 0 bridgehead atoms. The predicted octanol–water partition coefficient (Wildman–Crippen LogP) is 6.65. The number of fused-ring (bicyclic) bond motifs is 4. The first-order valence-electron chi connectivity index (χ1n) is 21.7. The molecule has 2 aliphatic heterocycles. The molecule has 0 aliphatic carbocycles. The van der Waals surface area contributed by atoms with Gasteiger partial charge in [0.15, 0.2) is 17.4 Å². The molecule has 0 spiro atoms. The molecule has 6 heterocycles. The van der Waals surface area contributed by atoms with Crippen molar-refractivity contribution in [2.75, 3.05) is 72.9 Å². The van der Waals surface area contributed by atoms with Gasteiger partial charge in [-0.2, -0.15) is 18.6 Å². The number of carbonyl (C=O) groups is 2. The maximum Gasteiger partial charge on any atom is 0.233 e. The van der Waals surface area contributed by atoms with Crippen molar-refractivity contribution < 1.29 is 60.9 Å². The van der Waals surface area contributed by atoms with Gasteiger partial charge in [-0.25, -0.2) is 42.5 Å². The summed E-state index contributed by atoms with van der Waals surface area (Å²) in [6.45, 7) is 8.78. The van der Waals surface area contributed by atoms with Crippen molar-refractivity contribution in [1.29, 1.82) is 0 Å². The number of anilines is 2. The van der Waals surface area contributed by atoms with Gasteiger partial charge < -0.3 is 8.83 Å². The largest absolute Gasteiger partial charge is 0.437 e. The number of benzene rings is 2. The Balaban J connectivity index is 0.000000206. The second-order valence-electron chi connectivity index (χ2n) is 17.0. The number of ketones is 2. The van der Waals surface area contributed by atoms with Gasteiger partial charge >= 0.3 is 0 Å². The highest BCUT2D eigenvalue weighted by Crippen LogP contribution is 2.41. The van der Waals surface area contributed by atoms with Gasteiger partial charge in [0.05, 0.1) is 46.9 Å². The Morgan fingerprint density at radius 2 is 1.04 bits per heavy atom. The summed E-state index contributed by atoms with van der Waals surface area (Å²) in [5.41, 5.74) is 2.60. The number of Topliss-reactive ketones (excluding diaryl/α,β-unsaturated/α-hetero) is 2. The third kappa shape index (κ3) is 10.6. The first kappa shape index (κ1) is 51.9. The molecule has 0 fully saturated rings. The van der Waals surface area contributed by atoms with Gasteiger partial charge in [-0.05, 0) is 72.2 Å². The van der Waals surface area contributed by atoms with Crippen LogP contribution < -0.4 is 8.61 Å². The zero-order chi connectivity index (χ0) is 51.4. The van der Waals surface area contributed by atoms with Crippen LogP contribution in [0.25, 0.3) is 50.4 Å². The Morgan fingerprint density at radius 1 is 0.629 bits per heavy atom. The van der Waals surface area contributed by atoms with Gasteiger partial charge in [-0.3, -0.25) is 18.2 Å². The Morgan fingerprint density at radius 3 is 1.47 bits per heavy atom. The SMILES string of the molecule is C=C1CN(S(C)(=O)=O)CCN(S(C)(=O)=O)c2nc3oc(-c4ccc(F)cc4)c(C(=O)CC)c3cc21.CCC(=O)c1c(-c2ccc(F)cc2)oc2nc3c(cc12)C(C)CN(S(C)(=O)=O)CCN3S(C)(=O)=O. The van der Waals surface area contributed by atoms with Gasteiger partial charge in [0, 0.05) is 74.4 Å². The number of hydrogen-bond acceptors (Lipinski definition) is 14. The van der Waals surface area contributed by atoms with Crippen molar-refractivity contribution >= 4 is 91.1 Å². The first-order valence-corrected chi connectivity index (χ1v) is 29.1. The van der Waals surface area contributed by atoms with Crippen molar-refractivity contribution in [3.8, 4) is 22.6 Å². The van der Waals surface area contributed by atoms with Crippen molar-refractivity contribution in [2.45, 2.75) is 39.5 Å². The topological polar surface area (TPSA) is 236 Å². The molecule has 70 heavy (non-hydrogen) atoms. The van der Waals surface area contributed by atoms with Crippen LogP contribution in [-0.2, 0) is 40.1 Å². The minimum absolute atomic E-state index is 0.0295. The molecular formula is C46H50F2N6O12S4. The van der Waals surface area contributed by atoms with Crippen molar-refractivity contribution in [3.63, 3.8) is 0 Å². The minimum Gasteiger partial charge on any atom is -0.437 e. The molecule has 0 radical (unpaired) electrons. The number of nitrogens with zero attached hydrogens (tertiary/aromatic N) is 6. The van der Waals surface area contributed by atoms with E-state index in [1.165, 1.54) is 52.8 Å². The number of rotatable bonds is 10. The highest BCUT2D eigenvalue weighted by atomic mass is 32.2. The quantitative estimate of drug-likeness (QED) is 0.131. The van der Waals surface area contributed by atoms with Crippen LogP contribution in [0, 0.1) is 11.6 Å². The van der Waals surface area contributed by atoms with Crippen molar-refractivity contribution in [1.82, 2.24) is 18.6 Å². The summed E-state index contributed by atoms with van der Waals surface area (Å²) in [4.78, 5) is 34.9. The van der Waals surface area contributed by atoms with Crippen LogP contribution in [0.4, 0.5) is 20.4 Å². The third-order valence-corrected chi connectivity index (χ3v) is 16.7. The van der Waals surface area contributed by atoms with E-state index in [1.54, 1.807) is 32.9 Å². The Hall–Kier alpha value is -5.92. The van der Waals surface area contributed by atoms with Crippen LogP contribution >= 0.6 is 0 Å². The lowest BCUT2D eigenvalue weighted by atomic mass is 9.96. The van der Waals surface area contributed by atoms with E-state index in [0.717, 1.165) is 37.9 Å². The zero-order valence-electron chi connectivity index (χ0n) is 39.2. The lowest BCUT2D eigenvalue weighted by Crippen LogP contribution is -2.44. The van der Waals surface area contributed by atoms with E-state index in [9.17, 15) is 52.0 Å². The van der Waals surface area contributed by atoms with Crippen LogP contribution in [0.2, 0.25) is 0 Å². The molecule has 1 unspecified atom stereocenters. The van der Waals surface area contributed by atoms with Crippen molar-refractivity contribution in [3.05, 3.63) is 101 Å². The van der Waals surface area contributed by atoms with Crippen LogP contribution in [0.5, 0.6) is 0 Å². The number of furan rings is 2. The van der Waals surface area contributed by atoms with Gasteiger partial charge in [0.25, 0.3) is 0 Å². The second-order valence-corrected chi connectivity index (χ2v) is 24.8. The molecule has 0 amide bonds. The molecule has 0 N–H and O–H groups in total. The number of hydrogen-bond donors (Lipinski definition) is 0. The highest BCUT2D eigenvalue weighted by molar-refractivity contribution is 7.92. The lowest BCUT2D eigenvalue weighted by molar-refractivity contribution is 0.0981. The summed E-state index contributed by atoms with van der Waals surface area (Å²) in [5.74, 6) is -1.23. The van der Waals surface area contributed by atoms with Crippen molar-refractivity contribution in [2.24, 2.45) is 0 Å². The first-order chi connectivity index (χ1) is 32.6. The average molecular weight is 1050 g/mol. The fraction of sp³-hybridized carbons (Fsp3) is 0.348. The number of halogens is 2. The zero-order valence-corrected chi connectivity index (χ0v) is 42.5. The molecule has 0 saturated heterocycles. The lowest BCUT2D eigenvalue weighted by Gasteiger charge is -2.33. The molecule has 4 aromatic heterocycles. The highest BCUT2D eigenvalue weighted by Gasteiger charge is 2.35. The smallest absolute Gasteiger partial charge is 0.233 e. The molecule has 6 aromatic rings. The van der Waals surface area contributed by atoms with E-state index < -0.39 is 57.6 Å². The van der Waals surface area contributed by atoms with Crippen LogP contribution in [0.15, 0.2) is 76.1 Å². The molecule has 1 atom stereocenters. The Bertz CT molecular complexity index is 3540. The Kier molecular flexibility index (Phi) is 14.4. The number of aromatic nitrogens is 2. The summed E-state index contributed by atoms with van der Waals surface area (Å²) < 4.78 is 143. The summed E-state index contributed by atoms with van der Waals surface area (Å²) in [5, 5.41) is 0.720. The van der Waals surface area contributed by atoms with E-state index in [-0.39, 0.29) is 115 Å². The van der Waals surface area contributed by atoms with E-state index in [4.69, 9.17) is 8.83 Å². The average Bonchev–Trinajstić information content (AvgIpc) is 3.83. The molecule has 374 valence electrons. The van der Waals surface area contributed by atoms with Gasteiger partial charge in [-0.15, -0.1) is 0 Å². The summed E-state index contributed by atoms with van der Waals surface area (Å²) in [6, 6.07) is 14.1. The van der Waals surface area contributed by atoms with E-state index >= 15 is 0 Å². The molecular weight excluding hydrogens is 995 g/mol. The normalized spacial score (nSPS) is 16.7. The Labute approximate surface area is 404 Å². The standard InChI is InChI=1S/C23H26FN3O6S2.C23H24FN3O6S2/c2*1-5-19(28)20-18-12-17-14(2)13-26(34(3,29)30)10-11-27(35(4,31)32)22(17)25-23(18)33-21(20)15-6-8-16(24)9-7-15/h6-9,12,14H,5,10-11,13H2,1-4H3;6-9,12H,2,5,10-11,13H2,1,3-4H3. The fourth-order valence-corrected chi connectivity index (χ4v) is 11.7. The number of sulfonamides is 4. The molecule has 2 aromatic carbocycles. The maximum absolute atomic E-state index is 13.5. The van der Waals surface area contributed by atoms with E-state index in [0.29, 0.717) is 33.0 Å². The molecule has 0 saturated carbocycles. The molecule has 24 heteroatoms. The molecule has 18 nitrogen and oxygen atoms in total. The van der Waals surface area contributed by atoms with Crippen LogP contribution in [-0.4, -0.2) is 128 Å². The predicted molar refractivity (Wildman–Crippen MR) is 263 cm³/mol. The summed E-state index contributed by atoms with van der Waals surface area (Å²) in [7, 11) is -14.9. The monoisotopic (exact) mass is 1040 g/mol. The number of pyridine rings is 2. The second kappa shape index (κ2) is 19.4. The molecule has 8 rings (SSSR count). The van der Waals surface area contributed by atoms with E-state index in [2.05, 4.69) is 16.5 Å².